The molecule has 2 aliphatic heterocycles. The molecule has 1 aromatic heterocycles. The molecule has 0 spiro atoms. The predicted molar refractivity (Wildman–Crippen MR) is 118 cm³/mol. The second-order valence-electron chi connectivity index (χ2n) is 8.18. The van der Waals surface area contributed by atoms with Crippen molar-refractivity contribution in [2.75, 3.05) is 32.8 Å². The Hall–Kier alpha value is -2.12. The quantitative estimate of drug-likeness (QED) is 0.683. The first-order chi connectivity index (χ1) is 14.6. The van der Waals surface area contributed by atoms with Gasteiger partial charge in [-0.3, -0.25) is 4.79 Å². The zero-order valence-electron chi connectivity index (χ0n) is 17.3. The normalized spacial score (nSPS) is 22.8. The molecule has 2 saturated heterocycles. The summed E-state index contributed by atoms with van der Waals surface area (Å²) >= 11 is 1.77. The van der Waals surface area contributed by atoms with Crippen LogP contribution in [0.25, 0.3) is 0 Å². The maximum absolute atomic E-state index is 13.6. The molecule has 2 fully saturated rings. The number of allylic oxidation sites excluding steroid dienone is 3. The SMILES string of the molecule is C=C(Cc1cccs1)NC1CCN(CCCN2C(=O)COC3=CC(F)CC=C32)CC1. The summed E-state index contributed by atoms with van der Waals surface area (Å²) in [7, 11) is 0. The predicted octanol–water partition coefficient (Wildman–Crippen LogP) is 3.62. The number of carbonyl (C=O) groups excluding carboxylic acids is 1. The van der Waals surface area contributed by atoms with Crippen LogP contribution in [0.5, 0.6) is 0 Å². The van der Waals surface area contributed by atoms with E-state index < -0.39 is 6.17 Å². The average Bonchev–Trinajstić information content (AvgIpc) is 3.24. The summed E-state index contributed by atoms with van der Waals surface area (Å²) in [5.74, 6) is 0.478. The second kappa shape index (κ2) is 9.79. The van der Waals surface area contributed by atoms with Crippen LogP contribution >= 0.6 is 11.3 Å². The van der Waals surface area contributed by atoms with Gasteiger partial charge in [0.25, 0.3) is 5.91 Å². The minimum Gasteiger partial charge on any atom is -0.482 e. The van der Waals surface area contributed by atoms with Crippen molar-refractivity contribution in [2.24, 2.45) is 0 Å². The minimum absolute atomic E-state index is 0.00230. The summed E-state index contributed by atoms with van der Waals surface area (Å²) < 4.78 is 19.0. The molecule has 5 nitrogen and oxygen atoms in total. The molecule has 3 heterocycles. The monoisotopic (exact) mass is 431 g/mol. The van der Waals surface area contributed by atoms with Gasteiger partial charge < -0.3 is 19.9 Å². The summed E-state index contributed by atoms with van der Waals surface area (Å²) in [6.07, 6.45) is 6.58. The Bertz CT molecular complexity index is 812. The number of carbonyl (C=O) groups is 1. The molecule has 7 heteroatoms. The fraction of sp³-hybridized carbons (Fsp3) is 0.522. The van der Waals surface area contributed by atoms with Crippen molar-refractivity contribution in [2.45, 2.75) is 44.3 Å². The van der Waals surface area contributed by atoms with Gasteiger partial charge >= 0.3 is 0 Å². The molecule has 30 heavy (non-hydrogen) atoms. The van der Waals surface area contributed by atoms with E-state index in [2.05, 4.69) is 34.3 Å². The average molecular weight is 432 g/mol. The third kappa shape index (κ3) is 5.32. The van der Waals surface area contributed by atoms with Crippen LogP contribution in [0.15, 0.2) is 53.4 Å². The number of nitrogens with one attached hydrogen (secondary N) is 1. The van der Waals surface area contributed by atoms with Gasteiger partial charge in [0.2, 0.25) is 0 Å². The molecule has 1 atom stereocenters. The molecule has 0 saturated carbocycles. The number of hydrogen-bond acceptors (Lipinski definition) is 5. The molecule has 162 valence electrons. The number of rotatable bonds is 8. The van der Waals surface area contributed by atoms with E-state index >= 15 is 0 Å². The highest BCUT2D eigenvalue weighted by Gasteiger charge is 2.30. The molecule has 1 aromatic rings. The summed E-state index contributed by atoms with van der Waals surface area (Å²) in [4.78, 5) is 17.9. The second-order valence-corrected chi connectivity index (χ2v) is 9.21. The summed E-state index contributed by atoms with van der Waals surface area (Å²) in [6.45, 7) is 7.91. The molecule has 3 aliphatic rings. The number of thiophene rings is 1. The van der Waals surface area contributed by atoms with Gasteiger partial charge in [-0.25, -0.2) is 4.39 Å². The van der Waals surface area contributed by atoms with E-state index in [1.54, 1.807) is 22.3 Å². The number of morpholine rings is 1. The van der Waals surface area contributed by atoms with E-state index in [1.807, 2.05) is 0 Å². The highest BCUT2D eigenvalue weighted by Crippen LogP contribution is 2.28. The molecule has 1 aliphatic carbocycles. The Labute approximate surface area is 181 Å². The Morgan fingerprint density at radius 3 is 2.93 bits per heavy atom. The maximum atomic E-state index is 13.6. The molecular formula is C23H30FN3O2S. The smallest absolute Gasteiger partial charge is 0.265 e. The summed E-state index contributed by atoms with van der Waals surface area (Å²) in [6, 6.07) is 4.72. The number of fused-ring (bicyclic) bond motifs is 1. The summed E-state index contributed by atoms with van der Waals surface area (Å²) in [5, 5.41) is 5.70. The third-order valence-corrected chi connectivity index (χ3v) is 6.76. The van der Waals surface area contributed by atoms with Gasteiger partial charge in [-0.15, -0.1) is 11.3 Å². The molecular weight excluding hydrogens is 401 g/mol. The first kappa shape index (κ1) is 21.1. The number of nitrogens with zero attached hydrogens (tertiary/aromatic N) is 2. The van der Waals surface area contributed by atoms with Gasteiger partial charge in [0.05, 0.1) is 5.70 Å². The maximum Gasteiger partial charge on any atom is 0.265 e. The third-order valence-electron chi connectivity index (χ3n) is 5.88. The van der Waals surface area contributed by atoms with Crippen LogP contribution in [0.1, 0.15) is 30.6 Å². The Kier molecular flexibility index (Phi) is 6.89. The van der Waals surface area contributed by atoms with E-state index in [-0.39, 0.29) is 12.5 Å². The van der Waals surface area contributed by atoms with E-state index in [9.17, 15) is 9.18 Å². The Balaban J connectivity index is 1.17. The van der Waals surface area contributed by atoms with Gasteiger partial charge in [-0.1, -0.05) is 18.7 Å². The van der Waals surface area contributed by atoms with Gasteiger partial charge in [0.1, 0.15) is 11.9 Å². The van der Waals surface area contributed by atoms with Gasteiger partial charge in [-0.05, 0) is 43.3 Å². The first-order valence-corrected chi connectivity index (χ1v) is 11.6. The van der Waals surface area contributed by atoms with Gasteiger partial charge in [0.15, 0.2) is 6.61 Å². The molecule has 0 bridgehead atoms. The van der Waals surface area contributed by atoms with Crippen LogP contribution in [0.2, 0.25) is 0 Å². The topological polar surface area (TPSA) is 44.8 Å². The zero-order valence-corrected chi connectivity index (χ0v) is 18.1. The van der Waals surface area contributed by atoms with Crippen LogP contribution < -0.4 is 5.32 Å². The van der Waals surface area contributed by atoms with Crippen LogP contribution in [0.4, 0.5) is 4.39 Å². The van der Waals surface area contributed by atoms with Crippen molar-refractivity contribution in [3.8, 4) is 0 Å². The lowest BCUT2D eigenvalue weighted by Gasteiger charge is -2.35. The van der Waals surface area contributed by atoms with Gasteiger partial charge in [-0.2, -0.15) is 0 Å². The molecule has 1 N–H and O–H groups in total. The van der Waals surface area contributed by atoms with E-state index in [0.29, 0.717) is 24.8 Å². The Morgan fingerprint density at radius 1 is 1.33 bits per heavy atom. The fourth-order valence-electron chi connectivity index (χ4n) is 4.32. The highest BCUT2D eigenvalue weighted by atomic mass is 32.1. The van der Waals surface area contributed by atoms with Crippen LogP contribution in [0, 0.1) is 0 Å². The number of hydrogen-bond donors (Lipinski definition) is 1. The van der Waals surface area contributed by atoms with Crippen LogP contribution in [-0.2, 0) is 16.0 Å². The zero-order chi connectivity index (χ0) is 20.9. The van der Waals surface area contributed by atoms with Gasteiger partial charge in [0, 0.05) is 49.1 Å². The number of amides is 1. The molecule has 1 unspecified atom stereocenters. The lowest BCUT2D eigenvalue weighted by molar-refractivity contribution is -0.136. The van der Waals surface area contributed by atoms with Crippen LogP contribution in [-0.4, -0.2) is 60.7 Å². The lowest BCUT2D eigenvalue weighted by Crippen LogP contribution is -2.44. The van der Waals surface area contributed by atoms with Crippen molar-refractivity contribution in [3.63, 3.8) is 0 Å². The van der Waals surface area contributed by atoms with E-state index in [4.69, 9.17) is 4.74 Å². The molecule has 1 amide bonds. The van der Waals surface area contributed by atoms with Crippen molar-refractivity contribution < 1.29 is 13.9 Å². The number of ether oxygens (including phenoxy) is 1. The first-order valence-electron chi connectivity index (χ1n) is 10.8. The highest BCUT2D eigenvalue weighted by molar-refractivity contribution is 7.09. The summed E-state index contributed by atoms with van der Waals surface area (Å²) in [5.41, 5.74) is 1.84. The largest absolute Gasteiger partial charge is 0.482 e. The van der Waals surface area contributed by atoms with Crippen molar-refractivity contribution in [1.29, 1.82) is 0 Å². The fourth-order valence-corrected chi connectivity index (χ4v) is 5.07. The van der Waals surface area contributed by atoms with Crippen molar-refractivity contribution in [3.05, 3.63) is 58.3 Å². The minimum atomic E-state index is -1.02. The lowest BCUT2D eigenvalue weighted by atomic mass is 10.0. The standard InChI is InChI=1S/C23H30FN3O2S/c1-17(14-20-4-2-13-30-20)25-19-7-11-26(12-8-19)9-3-10-27-21-6-5-18(24)15-22(21)29-16-23(27)28/h2,4,6,13,15,18-19,25H,1,3,5,7-12,14,16H2. The number of piperidine rings is 1. The molecule has 0 radical (unpaired) electrons. The van der Waals surface area contributed by atoms with E-state index in [0.717, 1.165) is 56.7 Å². The van der Waals surface area contributed by atoms with Crippen molar-refractivity contribution in [1.82, 2.24) is 15.1 Å². The number of alkyl halides is 1. The van der Waals surface area contributed by atoms with Crippen LogP contribution in [0.3, 0.4) is 0 Å². The molecule has 0 aromatic carbocycles. The molecule has 4 rings (SSSR count). The Morgan fingerprint density at radius 2 is 2.17 bits per heavy atom. The van der Waals surface area contributed by atoms with E-state index in [1.165, 1.54) is 11.0 Å². The number of halogens is 1. The number of likely N-dealkylation sites (tertiary alicyclic amines) is 1. The van der Waals surface area contributed by atoms with Crippen molar-refractivity contribution >= 4 is 17.2 Å².